The molecule has 2 N–H and O–H groups in total. The van der Waals surface area contributed by atoms with Gasteiger partial charge in [-0.15, -0.1) is 4.85 Å². The third kappa shape index (κ3) is 5.03. The molecule has 0 fully saturated rings. The first kappa shape index (κ1) is 27.5. The molecular formula is C27H23N7O8S. The first-order chi connectivity index (χ1) is 20.7. The van der Waals surface area contributed by atoms with Crippen molar-refractivity contribution in [1.29, 1.82) is 0 Å². The van der Waals surface area contributed by atoms with Crippen LogP contribution in [0.3, 0.4) is 0 Å². The quantitative estimate of drug-likeness (QED) is 0.195. The van der Waals surface area contributed by atoms with E-state index in [0.717, 1.165) is 4.80 Å². The van der Waals surface area contributed by atoms with Gasteiger partial charge in [0.25, 0.3) is 15.9 Å². The Morgan fingerprint density at radius 3 is 2.47 bits per heavy atom. The van der Waals surface area contributed by atoms with E-state index in [9.17, 15) is 23.6 Å². The first-order valence-electron chi connectivity index (χ1n) is 12.8. The standard InChI is InChI=1S/C27H23N7O8S/c1-40-23-12-9-20(15-24(23)41-2)43(38,39)31-18-7-4-6-17(14-18)28-27(35)16-5-3-8-19(13-16)32-29-25-21(33(32)36)10-11-22-26(25)30-42-34(22)37/h3-9,12-15,31H,10-11H2,1-2H3,(H,28,35). The second-order valence-corrected chi connectivity index (χ2v) is 11.1. The molecule has 2 heterocycles. The molecule has 2 aromatic heterocycles. The van der Waals surface area contributed by atoms with Crippen molar-refractivity contribution in [3.05, 3.63) is 94.1 Å². The number of hydrogen-bond donors (Lipinski definition) is 2. The number of sulfonamides is 1. The van der Waals surface area contributed by atoms with Gasteiger partial charge >= 0.3 is 11.4 Å². The van der Waals surface area contributed by atoms with E-state index in [0.29, 0.717) is 38.3 Å². The fourth-order valence-electron chi connectivity index (χ4n) is 4.68. The molecule has 16 heteroatoms. The molecular weight excluding hydrogens is 582 g/mol. The predicted octanol–water partition coefficient (Wildman–Crippen LogP) is 1.96. The molecule has 0 unspecified atom stereocenters. The summed E-state index contributed by atoms with van der Waals surface area (Å²) in [5.74, 6) is 0.126. The summed E-state index contributed by atoms with van der Waals surface area (Å²) in [5.41, 5.74) is 2.09. The topological polar surface area (TPSA) is 191 Å². The number of nitrogens with one attached hydrogen (secondary N) is 2. The minimum Gasteiger partial charge on any atom is -0.692 e. The summed E-state index contributed by atoms with van der Waals surface area (Å²) in [6, 6.07) is 16.6. The molecule has 15 nitrogen and oxygen atoms in total. The van der Waals surface area contributed by atoms with Gasteiger partial charge in [0.15, 0.2) is 17.2 Å². The molecule has 0 saturated carbocycles. The van der Waals surface area contributed by atoms with Crippen molar-refractivity contribution in [3.63, 3.8) is 0 Å². The van der Waals surface area contributed by atoms with E-state index in [2.05, 4.69) is 24.9 Å². The molecule has 3 aromatic carbocycles. The lowest BCUT2D eigenvalue weighted by Crippen LogP contribution is -2.41. The summed E-state index contributed by atoms with van der Waals surface area (Å²) >= 11 is 0. The molecule has 5 aromatic rings. The van der Waals surface area contributed by atoms with Gasteiger partial charge in [0, 0.05) is 30.2 Å². The Labute approximate surface area is 244 Å². The lowest BCUT2D eigenvalue weighted by atomic mass is 10.0. The van der Waals surface area contributed by atoms with E-state index >= 15 is 0 Å². The summed E-state index contributed by atoms with van der Waals surface area (Å²) in [4.78, 5) is 15.1. The normalized spacial score (nSPS) is 12.2. The van der Waals surface area contributed by atoms with E-state index in [-0.39, 0.29) is 46.1 Å². The Morgan fingerprint density at radius 1 is 0.930 bits per heavy atom. The number of methoxy groups -OCH3 is 2. The second-order valence-electron chi connectivity index (χ2n) is 9.39. The van der Waals surface area contributed by atoms with Crippen LogP contribution in [0, 0.1) is 10.4 Å². The number of benzene rings is 3. The molecule has 0 radical (unpaired) electrons. The smallest absolute Gasteiger partial charge is 0.303 e. The summed E-state index contributed by atoms with van der Waals surface area (Å²) in [5, 5.41) is 35.6. The van der Waals surface area contributed by atoms with Crippen LogP contribution >= 0.6 is 0 Å². The number of anilines is 2. The first-order valence-corrected chi connectivity index (χ1v) is 14.2. The van der Waals surface area contributed by atoms with Crippen molar-refractivity contribution in [2.75, 3.05) is 24.3 Å². The van der Waals surface area contributed by atoms with Crippen LogP contribution in [0.2, 0.25) is 0 Å². The highest BCUT2D eigenvalue weighted by molar-refractivity contribution is 7.92. The zero-order chi connectivity index (χ0) is 30.3. The van der Waals surface area contributed by atoms with E-state index in [1.54, 1.807) is 30.3 Å². The molecule has 1 amide bonds. The van der Waals surface area contributed by atoms with Crippen molar-refractivity contribution < 1.29 is 37.1 Å². The number of carbonyl (C=O) groups is 1. The Kier molecular flexibility index (Phi) is 6.81. The number of hydrogen-bond acceptors (Lipinski definition) is 10. The van der Waals surface area contributed by atoms with E-state index in [1.807, 2.05) is 0 Å². The second kappa shape index (κ2) is 10.6. The van der Waals surface area contributed by atoms with Crippen LogP contribution in [0.4, 0.5) is 11.4 Å². The Balaban J connectivity index is 1.21. The minimum absolute atomic E-state index is 0.0423. The van der Waals surface area contributed by atoms with Crippen LogP contribution in [0.5, 0.6) is 11.5 Å². The summed E-state index contributed by atoms with van der Waals surface area (Å²) in [6.45, 7) is 0. The van der Waals surface area contributed by atoms with Gasteiger partial charge in [-0.1, -0.05) is 12.1 Å². The lowest BCUT2D eigenvalue weighted by Gasteiger charge is -2.13. The highest BCUT2D eigenvalue weighted by Crippen LogP contribution is 2.31. The lowest BCUT2D eigenvalue weighted by molar-refractivity contribution is -0.808. The molecule has 1 aliphatic rings. The van der Waals surface area contributed by atoms with Crippen LogP contribution in [0.15, 0.2) is 76.3 Å². The SMILES string of the molecule is COc1ccc(S(=O)(=O)Nc2cccc(NC(=O)c3cccc(-n4nc5c([n+]4[O-])CCc4c-5no[n+]4[O-])c3)c2)cc1OC. The van der Waals surface area contributed by atoms with Gasteiger partial charge in [-0.3, -0.25) is 14.1 Å². The zero-order valence-electron chi connectivity index (χ0n) is 22.7. The summed E-state index contributed by atoms with van der Waals surface area (Å²) < 4.78 is 43.5. The molecule has 0 bridgehead atoms. The average molecular weight is 606 g/mol. The average Bonchev–Trinajstić information content (AvgIpc) is 3.56. The summed E-state index contributed by atoms with van der Waals surface area (Å²) in [6.07, 6.45) is 0.538. The van der Waals surface area contributed by atoms with Crippen LogP contribution in [-0.4, -0.2) is 43.6 Å². The fourth-order valence-corrected chi connectivity index (χ4v) is 5.75. The maximum absolute atomic E-state index is 13.1. The number of rotatable bonds is 8. The van der Waals surface area contributed by atoms with Crippen LogP contribution in [-0.2, 0) is 22.9 Å². The predicted molar refractivity (Wildman–Crippen MR) is 149 cm³/mol. The Bertz CT molecular complexity index is 1990. The molecule has 0 saturated heterocycles. The Hall–Kier alpha value is -5.64. The van der Waals surface area contributed by atoms with Gasteiger partial charge in [0.05, 0.1) is 35.1 Å². The third-order valence-corrected chi connectivity index (χ3v) is 8.15. The third-order valence-electron chi connectivity index (χ3n) is 6.77. The number of nitrogens with zero attached hydrogens (tertiary/aromatic N) is 5. The molecule has 0 atom stereocenters. The number of carbonyl (C=O) groups excluding carboxylic acids is 1. The number of ether oxygens (including phenoxy) is 2. The molecule has 6 rings (SSSR count). The molecule has 1 aliphatic carbocycles. The van der Waals surface area contributed by atoms with Gasteiger partial charge in [-0.2, -0.15) is 0 Å². The zero-order valence-corrected chi connectivity index (χ0v) is 23.5. The van der Waals surface area contributed by atoms with Gasteiger partial charge in [0.1, 0.15) is 5.69 Å². The van der Waals surface area contributed by atoms with Gasteiger partial charge in [-0.25, -0.2) is 8.42 Å². The largest absolute Gasteiger partial charge is 0.692 e. The highest BCUT2D eigenvalue weighted by Gasteiger charge is 2.39. The molecule has 220 valence electrons. The van der Waals surface area contributed by atoms with Crippen molar-refractivity contribution in [3.8, 4) is 28.6 Å². The summed E-state index contributed by atoms with van der Waals surface area (Å²) in [7, 11) is -1.15. The van der Waals surface area contributed by atoms with E-state index in [4.69, 9.17) is 9.47 Å². The molecule has 0 aliphatic heterocycles. The molecule has 43 heavy (non-hydrogen) atoms. The van der Waals surface area contributed by atoms with Crippen molar-refractivity contribution in [2.45, 2.75) is 17.7 Å². The Morgan fingerprint density at radius 2 is 1.67 bits per heavy atom. The highest BCUT2D eigenvalue weighted by atomic mass is 32.2. The monoisotopic (exact) mass is 605 g/mol. The molecule has 0 spiro atoms. The van der Waals surface area contributed by atoms with Crippen LogP contribution in [0.25, 0.3) is 17.1 Å². The number of fused-ring (bicyclic) bond motifs is 3. The van der Waals surface area contributed by atoms with Crippen molar-refractivity contribution in [2.24, 2.45) is 0 Å². The fraction of sp³-hybridized carbons (Fsp3) is 0.148. The van der Waals surface area contributed by atoms with Gasteiger partial charge in [0.2, 0.25) is 5.69 Å². The van der Waals surface area contributed by atoms with Crippen LogP contribution < -0.4 is 29.3 Å². The van der Waals surface area contributed by atoms with E-state index in [1.165, 1.54) is 50.6 Å². The number of aromatic nitrogens is 5. The van der Waals surface area contributed by atoms with E-state index < -0.39 is 15.9 Å². The van der Waals surface area contributed by atoms with Gasteiger partial charge < -0.3 is 25.2 Å². The number of amides is 1. The van der Waals surface area contributed by atoms with Gasteiger partial charge in [-0.05, 0) is 58.2 Å². The maximum atomic E-state index is 13.1. The van der Waals surface area contributed by atoms with Crippen molar-refractivity contribution >= 4 is 27.3 Å². The van der Waals surface area contributed by atoms with Crippen LogP contribution in [0.1, 0.15) is 21.7 Å². The maximum Gasteiger partial charge on any atom is 0.303 e. The minimum atomic E-state index is -4.00. The van der Waals surface area contributed by atoms with Crippen molar-refractivity contribution in [1.82, 2.24) is 15.1 Å².